The van der Waals surface area contributed by atoms with Gasteiger partial charge in [0.15, 0.2) is 0 Å². The molecule has 0 saturated carbocycles. The number of hydrogen-bond acceptors (Lipinski definition) is 3. The van der Waals surface area contributed by atoms with E-state index >= 15 is 0 Å². The number of nitrogens with zero attached hydrogens (tertiary/aromatic N) is 3. The molecule has 1 aromatic rings. The van der Waals surface area contributed by atoms with Crippen LogP contribution in [-0.4, -0.2) is 19.7 Å². The lowest BCUT2D eigenvalue weighted by Crippen LogP contribution is -1.88. The molecular weight excluding hydrogens is 129 g/mol. The van der Waals surface area contributed by atoms with E-state index in [4.69, 9.17) is 4.89 Å². The van der Waals surface area contributed by atoms with E-state index in [1.165, 1.54) is 12.4 Å². The zero-order chi connectivity index (χ0) is 5.98. The molecule has 1 atom stereocenters. The molecule has 1 heterocycles. The maximum Gasteiger partial charge on any atom is 0.318 e. The van der Waals surface area contributed by atoms with Gasteiger partial charge in [0.25, 0.3) is 0 Å². The van der Waals surface area contributed by atoms with Gasteiger partial charge in [0.1, 0.15) is 0 Å². The van der Waals surface area contributed by atoms with Crippen LogP contribution in [0.3, 0.4) is 0 Å². The van der Waals surface area contributed by atoms with Gasteiger partial charge in [-0.3, -0.25) is 4.57 Å². The zero-order valence-electron chi connectivity index (χ0n) is 3.85. The Kier molecular flexibility index (Phi) is 1.41. The molecule has 0 radical (unpaired) electrons. The second-order valence-electron chi connectivity index (χ2n) is 1.10. The summed E-state index contributed by atoms with van der Waals surface area (Å²) in [4.78, 5) is 8.30. The summed E-state index contributed by atoms with van der Waals surface area (Å²) in [5.41, 5.74) is 0. The number of hydrogen-bond donors (Lipinski definition) is 1. The van der Waals surface area contributed by atoms with Crippen LogP contribution in [0.15, 0.2) is 12.4 Å². The Labute approximate surface area is 45.9 Å². The highest BCUT2D eigenvalue weighted by atomic mass is 31.1. The van der Waals surface area contributed by atoms with Crippen LogP contribution in [0, 0.1) is 0 Å². The van der Waals surface area contributed by atoms with E-state index in [-0.39, 0.29) is 0 Å². The molecule has 8 heavy (non-hydrogen) atoms. The first-order valence-electron chi connectivity index (χ1n) is 1.90. The van der Waals surface area contributed by atoms with Gasteiger partial charge in [-0.15, -0.1) is 4.57 Å². The molecule has 44 valence electrons. The third-order valence-corrected chi connectivity index (χ3v) is 1.16. The molecule has 0 aliphatic heterocycles. The molecule has 1 rings (SSSR count). The highest BCUT2D eigenvalue weighted by molar-refractivity contribution is 7.35. The average molecular weight is 133 g/mol. The molecule has 0 amide bonds. The highest BCUT2D eigenvalue weighted by Crippen LogP contribution is 2.10. The third-order valence-electron chi connectivity index (χ3n) is 0.590. The topological polar surface area (TPSA) is 68.0 Å². The highest BCUT2D eigenvalue weighted by Gasteiger charge is 1.92. The Morgan fingerprint density at radius 2 is 2.00 bits per heavy atom. The first kappa shape index (κ1) is 5.47. The van der Waals surface area contributed by atoms with Gasteiger partial charge in [-0.2, -0.15) is 10.2 Å². The van der Waals surface area contributed by atoms with Crippen molar-refractivity contribution >= 4 is 8.18 Å². The van der Waals surface area contributed by atoms with Crippen molar-refractivity contribution in [2.24, 2.45) is 0 Å². The van der Waals surface area contributed by atoms with Crippen LogP contribution in [-0.2, 0) is 4.57 Å². The van der Waals surface area contributed by atoms with Crippen LogP contribution in [0.1, 0.15) is 0 Å². The van der Waals surface area contributed by atoms with E-state index in [9.17, 15) is 4.57 Å². The molecule has 0 aromatic carbocycles. The van der Waals surface area contributed by atoms with E-state index < -0.39 is 8.18 Å². The largest absolute Gasteiger partial charge is 0.329 e. The van der Waals surface area contributed by atoms with Crippen molar-refractivity contribution in [2.75, 3.05) is 0 Å². The standard InChI is InChI=1S/C2H4N3O2P/c6-8(7)5-3-1-2-4-5/h1-2,8H,(H,6,7). The van der Waals surface area contributed by atoms with E-state index in [2.05, 4.69) is 10.2 Å². The molecule has 0 aliphatic carbocycles. The fraction of sp³-hybridized carbons (Fsp3) is 0. The normalized spacial score (nSPS) is 13.6. The lowest BCUT2D eigenvalue weighted by molar-refractivity contribution is 0.479. The van der Waals surface area contributed by atoms with Gasteiger partial charge in [-0.05, 0) is 0 Å². The SMILES string of the molecule is O=[PH](O)n1nccn1. The van der Waals surface area contributed by atoms with Gasteiger partial charge in [0, 0.05) is 0 Å². The van der Waals surface area contributed by atoms with E-state index in [1.54, 1.807) is 0 Å². The van der Waals surface area contributed by atoms with Crippen molar-refractivity contribution in [1.29, 1.82) is 0 Å². The Hall–Kier alpha value is -0.670. The summed E-state index contributed by atoms with van der Waals surface area (Å²) >= 11 is 0. The van der Waals surface area contributed by atoms with E-state index in [0.29, 0.717) is 0 Å². The fourth-order valence-electron chi connectivity index (χ4n) is 0.315. The summed E-state index contributed by atoms with van der Waals surface area (Å²) in [5, 5.41) is 6.81. The minimum absolute atomic E-state index is 0.769. The predicted octanol–water partition coefficient (Wildman–Crippen LogP) is -0.492. The van der Waals surface area contributed by atoms with Crippen molar-refractivity contribution in [3.05, 3.63) is 12.4 Å². The predicted molar refractivity (Wildman–Crippen MR) is 26.6 cm³/mol. The Morgan fingerprint density at radius 1 is 1.50 bits per heavy atom. The summed E-state index contributed by atoms with van der Waals surface area (Å²) in [5.74, 6) is 0. The maximum atomic E-state index is 10.1. The minimum Gasteiger partial charge on any atom is -0.329 e. The van der Waals surface area contributed by atoms with Gasteiger partial charge in [-0.25, -0.2) is 0 Å². The summed E-state index contributed by atoms with van der Waals surface area (Å²) in [6.45, 7) is 0. The molecule has 0 bridgehead atoms. The smallest absolute Gasteiger partial charge is 0.318 e. The van der Waals surface area contributed by atoms with Crippen LogP contribution in [0.2, 0.25) is 0 Å². The van der Waals surface area contributed by atoms with Crippen molar-refractivity contribution in [3.8, 4) is 0 Å². The molecule has 6 heteroatoms. The Balaban J connectivity index is 2.93. The van der Waals surface area contributed by atoms with E-state index in [1.807, 2.05) is 0 Å². The molecule has 1 aromatic heterocycles. The number of rotatable bonds is 1. The lowest BCUT2D eigenvalue weighted by atomic mass is 11.0. The monoisotopic (exact) mass is 133 g/mol. The molecule has 5 nitrogen and oxygen atoms in total. The first-order valence-corrected chi connectivity index (χ1v) is 3.20. The second kappa shape index (κ2) is 2.07. The van der Waals surface area contributed by atoms with Gasteiger partial charge < -0.3 is 4.89 Å². The zero-order valence-corrected chi connectivity index (χ0v) is 4.85. The average Bonchev–Trinajstić information content (AvgIpc) is 2.12. The number of aromatic nitrogens is 3. The van der Waals surface area contributed by atoms with Gasteiger partial charge in [-0.1, -0.05) is 0 Å². The first-order chi connectivity index (χ1) is 3.80. The molecular formula is C2H4N3O2P. The molecule has 0 aliphatic rings. The van der Waals surface area contributed by atoms with Gasteiger partial charge in [0.05, 0.1) is 12.4 Å². The molecule has 0 spiro atoms. The second-order valence-corrected chi connectivity index (χ2v) is 2.07. The van der Waals surface area contributed by atoms with Crippen LogP contribution < -0.4 is 0 Å². The van der Waals surface area contributed by atoms with Crippen LogP contribution in [0.25, 0.3) is 0 Å². The fourth-order valence-corrected chi connectivity index (χ4v) is 0.645. The van der Waals surface area contributed by atoms with Gasteiger partial charge in [0.2, 0.25) is 0 Å². The van der Waals surface area contributed by atoms with Crippen LogP contribution >= 0.6 is 8.18 Å². The van der Waals surface area contributed by atoms with Crippen LogP contribution in [0.5, 0.6) is 0 Å². The Bertz CT molecular complexity index is 183. The summed E-state index contributed by atoms with van der Waals surface area (Å²) in [6.07, 6.45) is 2.69. The lowest BCUT2D eigenvalue weighted by Gasteiger charge is -1.85. The van der Waals surface area contributed by atoms with E-state index in [0.717, 1.165) is 4.57 Å². The third kappa shape index (κ3) is 0.936. The van der Waals surface area contributed by atoms with Crippen molar-refractivity contribution in [3.63, 3.8) is 0 Å². The van der Waals surface area contributed by atoms with Crippen LogP contribution in [0.4, 0.5) is 0 Å². The Morgan fingerprint density at radius 3 is 2.25 bits per heavy atom. The van der Waals surface area contributed by atoms with Crippen molar-refractivity contribution in [1.82, 2.24) is 14.8 Å². The summed E-state index contributed by atoms with van der Waals surface area (Å²) < 4.78 is 10.9. The van der Waals surface area contributed by atoms with Crippen molar-refractivity contribution < 1.29 is 9.46 Å². The maximum absolute atomic E-state index is 10.1. The van der Waals surface area contributed by atoms with Crippen molar-refractivity contribution in [2.45, 2.75) is 0 Å². The molecule has 0 fully saturated rings. The minimum atomic E-state index is -2.72. The summed E-state index contributed by atoms with van der Waals surface area (Å²) in [6, 6.07) is 0. The quantitative estimate of drug-likeness (QED) is 0.524. The van der Waals surface area contributed by atoms with Gasteiger partial charge >= 0.3 is 8.18 Å². The summed E-state index contributed by atoms with van der Waals surface area (Å²) in [7, 11) is -2.72. The molecule has 1 unspecified atom stereocenters. The molecule has 1 N–H and O–H groups in total. The molecule has 0 saturated heterocycles.